The van der Waals surface area contributed by atoms with Gasteiger partial charge in [0.05, 0.1) is 0 Å². The molecule has 8 atom stereocenters. The summed E-state index contributed by atoms with van der Waals surface area (Å²) in [6.07, 6.45) is 12.0. The normalized spacial score (nSPS) is 51.6. The van der Waals surface area contributed by atoms with Crippen LogP contribution in [0.5, 0.6) is 0 Å². The van der Waals surface area contributed by atoms with Gasteiger partial charge < -0.3 is 10.1 Å². The monoisotopic (exact) mass is 347 g/mol. The van der Waals surface area contributed by atoms with Crippen LogP contribution in [0.25, 0.3) is 0 Å². The smallest absolute Gasteiger partial charge is 0.293 e. The third kappa shape index (κ3) is 2.54. The summed E-state index contributed by atoms with van der Waals surface area (Å²) in [7, 11) is 0. The van der Waals surface area contributed by atoms with E-state index in [-0.39, 0.29) is 6.10 Å². The van der Waals surface area contributed by atoms with Crippen LogP contribution in [0.1, 0.15) is 71.6 Å². The van der Waals surface area contributed by atoms with Gasteiger partial charge in [0.25, 0.3) is 6.47 Å². The highest BCUT2D eigenvalue weighted by atomic mass is 16.5. The summed E-state index contributed by atoms with van der Waals surface area (Å²) in [6.45, 7) is 5.61. The van der Waals surface area contributed by atoms with Gasteiger partial charge in [-0.05, 0) is 92.3 Å². The third-order valence-electron chi connectivity index (χ3n) is 9.13. The van der Waals surface area contributed by atoms with Gasteiger partial charge in [-0.15, -0.1) is 0 Å². The van der Waals surface area contributed by atoms with Crippen molar-refractivity contribution in [2.24, 2.45) is 34.5 Å². The summed E-state index contributed by atoms with van der Waals surface area (Å²) in [5.41, 5.74) is 0.715. The topological polar surface area (TPSA) is 55.4 Å². The van der Waals surface area contributed by atoms with Crippen LogP contribution >= 0.6 is 0 Å². The van der Waals surface area contributed by atoms with Crippen LogP contribution in [0.4, 0.5) is 0 Å². The first-order valence-corrected chi connectivity index (χ1v) is 10.3. The van der Waals surface area contributed by atoms with Gasteiger partial charge in [0.2, 0.25) is 6.41 Å². The predicted molar refractivity (Wildman–Crippen MR) is 95.7 cm³/mol. The molecule has 0 radical (unpaired) electrons. The molecule has 0 heterocycles. The van der Waals surface area contributed by atoms with Crippen molar-refractivity contribution in [3.05, 3.63) is 0 Å². The lowest BCUT2D eigenvalue weighted by Crippen LogP contribution is -2.55. The summed E-state index contributed by atoms with van der Waals surface area (Å²) < 4.78 is 5.32. The lowest BCUT2D eigenvalue weighted by atomic mass is 9.45. The van der Waals surface area contributed by atoms with Gasteiger partial charge >= 0.3 is 0 Å². The molecular weight excluding hydrogens is 314 g/mol. The lowest BCUT2D eigenvalue weighted by molar-refractivity contribution is -0.149. The second kappa shape index (κ2) is 6.28. The van der Waals surface area contributed by atoms with Gasteiger partial charge in [-0.1, -0.05) is 13.8 Å². The van der Waals surface area contributed by atoms with E-state index in [0.29, 0.717) is 29.3 Å². The number of fused-ring (bicyclic) bond motifs is 5. The maximum atomic E-state index is 11.0. The first-order chi connectivity index (χ1) is 12.0. The molecule has 4 heteroatoms. The largest absolute Gasteiger partial charge is 0.465 e. The fraction of sp³-hybridized carbons (Fsp3) is 0.905. The molecule has 0 bridgehead atoms. The highest BCUT2D eigenvalue weighted by Gasteiger charge is 2.60. The Morgan fingerprint density at radius 1 is 0.920 bits per heavy atom. The average molecular weight is 347 g/mol. The summed E-state index contributed by atoms with van der Waals surface area (Å²) in [5, 5.41) is 3.14. The van der Waals surface area contributed by atoms with E-state index < -0.39 is 0 Å². The minimum absolute atomic E-state index is 0.147. The van der Waals surface area contributed by atoms with E-state index >= 15 is 0 Å². The molecule has 1 N–H and O–H groups in total. The lowest BCUT2D eigenvalue weighted by Gasteiger charge is -2.61. The van der Waals surface area contributed by atoms with E-state index in [1.54, 1.807) is 0 Å². The van der Waals surface area contributed by atoms with E-state index in [1.165, 1.54) is 38.5 Å². The number of carbonyl (C=O) groups excluding carboxylic acids is 2. The summed E-state index contributed by atoms with van der Waals surface area (Å²) >= 11 is 0. The Labute approximate surface area is 151 Å². The van der Waals surface area contributed by atoms with Crippen LogP contribution in [0, 0.1) is 34.5 Å². The van der Waals surface area contributed by atoms with E-state index in [4.69, 9.17) is 4.74 Å². The second-order valence-electron chi connectivity index (χ2n) is 9.74. The maximum Gasteiger partial charge on any atom is 0.293 e. The molecule has 4 rings (SSSR count). The minimum atomic E-state index is 0.147. The number of hydrogen-bond acceptors (Lipinski definition) is 3. The molecule has 0 aromatic rings. The first-order valence-electron chi connectivity index (χ1n) is 10.3. The Balaban J connectivity index is 1.54. The molecule has 4 aliphatic rings. The quantitative estimate of drug-likeness (QED) is 0.789. The van der Waals surface area contributed by atoms with Crippen molar-refractivity contribution < 1.29 is 14.3 Å². The van der Waals surface area contributed by atoms with Crippen LogP contribution in [0.2, 0.25) is 0 Å². The molecule has 0 aliphatic heterocycles. The number of carbonyl (C=O) groups is 2. The molecule has 25 heavy (non-hydrogen) atoms. The van der Waals surface area contributed by atoms with Crippen molar-refractivity contribution in [3.8, 4) is 0 Å². The fourth-order valence-electron chi connectivity index (χ4n) is 7.78. The number of rotatable bonds is 4. The zero-order valence-corrected chi connectivity index (χ0v) is 15.7. The van der Waals surface area contributed by atoms with Crippen molar-refractivity contribution in [2.75, 3.05) is 0 Å². The molecule has 140 valence electrons. The van der Waals surface area contributed by atoms with Crippen molar-refractivity contribution >= 4 is 12.9 Å². The Hall–Kier alpha value is -1.06. The van der Waals surface area contributed by atoms with Gasteiger partial charge in [-0.3, -0.25) is 9.59 Å². The molecule has 4 aliphatic carbocycles. The van der Waals surface area contributed by atoms with Crippen molar-refractivity contribution in [1.82, 2.24) is 5.32 Å². The number of nitrogens with one attached hydrogen (secondary N) is 1. The van der Waals surface area contributed by atoms with Gasteiger partial charge in [-0.25, -0.2) is 0 Å². The maximum absolute atomic E-state index is 11.0. The Kier molecular flexibility index (Phi) is 4.36. The molecule has 0 aromatic carbocycles. The van der Waals surface area contributed by atoms with Gasteiger partial charge in [0.1, 0.15) is 6.10 Å². The van der Waals surface area contributed by atoms with Crippen LogP contribution < -0.4 is 5.32 Å². The van der Waals surface area contributed by atoms with E-state index in [9.17, 15) is 9.59 Å². The highest BCUT2D eigenvalue weighted by molar-refractivity contribution is 5.47. The summed E-state index contributed by atoms with van der Waals surface area (Å²) in [6, 6.07) is 0.373. The Morgan fingerprint density at radius 3 is 2.44 bits per heavy atom. The molecule has 4 nitrogen and oxygen atoms in total. The van der Waals surface area contributed by atoms with E-state index in [0.717, 1.165) is 43.4 Å². The molecule has 0 spiro atoms. The standard InChI is InChI=1S/C21H33NO3/c1-20-9-7-15(25-13-24)11-14(20)3-4-16-17-5-6-19(22-12-23)21(17,2)10-8-18(16)20/h12-19H,3-11H2,1-2H3,(H,22,23)/t14-,15?,16?,17?,18?,19-,20-,21-/m0/s1. The fourth-order valence-corrected chi connectivity index (χ4v) is 7.78. The molecular formula is C21H33NO3. The average Bonchev–Trinajstić information content (AvgIpc) is 2.93. The summed E-state index contributed by atoms with van der Waals surface area (Å²) in [5.74, 6) is 3.12. The van der Waals surface area contributed by atoms with Crippen molar-refractivity contribution in [2.45, 2.75) is 83.8 Å². The zero-order valence-electron chi connectivity index (χ0n) is 15.7. The SMILES string of the molecule is C[C@]12CCC3C(CC[C@H]4CC(OC=O)CC[C@]34C)C1CC[C@@H]2NC=O. The Morgan fingerprint density at radius 2 is 1.68 bits per heavy atom. The van der Waals surface area contributed by atoms with E-state index in [2.05, 4.69) is 19.2 Å². The van der Waals surface area contributed by atoms with Crippen LogP contribution in [0.15, 0.2) is 0 Å². The molecule has 4 saturated carbocycles. The van der Waals surface area contributed by atoms with Crippen molar-refractivity contribution in [1.29, 1.82) is 0 Å². The number of hydrogen-bond donors (Lipinski definition) is 1. The number of ether oxygens (including phenoxy) is 1. The number of amides is 1. The van der Waals surface area contributed by atoms with Gasteiger partial charge in [0.15, 0.2) is 0 Å². The highest BCUT2D eigenvalue weighted by Crippen LogP contribution is 2.66. The van der Waals surface area contributed by atoms with Crippen LogP contribution in [0.3, 0.4) is 0 Å². The third-order valence-corrected chi connectivity index (χ3v) is 9.13. The molecule has 1 amide bonds. The summed E-state index contributed by atoms with van der Waals surface area (Å²) in [4.78, 5) is 21.8. The Bertz CT molecular complexity index is 537. The molecule has 0 saturated heterocycles. The minimum Gasteiger partial charge on any atom is -0.465 e. The molecule has 0 aromatic heterocycles. The predicted octanol–water partition coefficient (Wildman–Crippen LogP) is 3.69. The second-order valence-corrected chi connectivity index (χ2v) is 9.74. The van der Waals surface area contributed by atoms with Crippen LogP contribution in [-0.2, 0) is 14.3 Å². The van der Waals surface area contributed by atoms with Gasteiger partial charge in [-0.2, -0.15) is 0 Å². The molecule has 4 unspecified atom stereocenters. The van der Waals surface area contributed by atoms with Crippen molar-refractivity contribution in [3.63, 3.8) is 0 Å². The first kappa shape index (κ1) is 17.4. The van der Waals surface area contributed by atoms with E-state index in [1.807, 2.05) is 0 Å². The molecule has 4 fully saturated rings. The van der Waals surface area contributed by atoms with Gasteiger partial charge in [0, 0.05) is 6.04 Å². The zero-order chi connectivity index (χ0) is 17.7. The van der Waals surface area contributed by atoms with Crippen LogP contribution in [-0.4, -0.2) is 25.0 Å².